The Morgan fingerprint density at radius 3 is 2.68 bits per heavy atom. The Kier molecular flexibility index (Phi) is 3.32. The van der Waals surface area contributed by atoms with Crippen molar-refractivity contribution in [2.24, 2.45) is 7.05 Å². The van der Waals surface area contributed by atoms with E-state index in [2.05, 4.69) is 10.1 Å². The van der Waals surface area contributed by atoms with Gasteiger partial charge in [0.2, 0.25) is 0 Å². The highest BCUT2D eigenvalue weighted by molar-refractivity contribution is 5.85. The van der Waals surface area contributed by atoms with E-state index in [0.29, 0.717) is 5.56 Å². The molecule has 0 radical (unpaired) electrons. The molecule has 2 heterocycles. The minimum absolute atomic E-state index is 0.0824. The van der Waals surface area contributed by atoms with E-state index in [4.69, 9.17) is 5.11 Å². The number of hydrogen-bond donors (Lipinski definition) is 1. The molecular formula is C15H11F2N3O2. The van der Waals surface area contributed by atoms with Crippen molar-refractivity contribution in [2.75, 3.05) is 0 Å². The zero-order chi connectivity index (χ0) is 15.9. The fraction of sp³-hybridized carbons (Fsp3) is 0.133. The Balaban J connectivity index is 2.20. The van der Waals surface area contributed by atoms with Crippen molar-refractivity contribution in [1.82, 2.24) is 14.8 Å². The molecule has 0 amide bonds. The van der Waals surface area contributed by atoms with Gasteiger partial charge in [-0.15, -0.1) is 0 Å². The largest absolute Gasteiger partial charge is 0.481 e. The second-order valence-electron chi connectivity index (χ2n) is 4.91. The molecule has 0 atom stereocenters. The molecule has 2 aromatic heterocycles. The van der Waals surface area contributed by atoms with Gasteiger partial charge in [0.1, 0.15) is 11.6 Å². The maximum absolute atomic E-state index is 14.4. The third-order valence-electron chi connectivity index (χ3n) is 3.34. The van der Waals surface area contributed by atoms with E-state index in [1.807, 2.05) is 0 Å². The Bertz CT molecular complexity index is 890. The van der Waals surface area contributed by atoms with Crippen LogP contribution in [-0.4, -0.2) is 25.8 Å². The second-order valence-corrected chi connectivity index (χ2v) is 4.91. The first-order valence-electron chi connectivity index (χ1n) is 6.43. The summed E-state index contributed by atoms with van der Waals surface area (Å²) in [6.07, 6.45) is 4.12. The van der Waals surface area contributed by atoms with Gasteiger partial charge in [0.25, 0.3) is 0 Å². The molecule has 0 fully saturated rings. The van der Waals surface area contributed by atoms with E-state index in [1.54, 1.807) is 24.1 Å². The van der Waals surface area contributed by atoms with Gasteiger partial charge in [-0.25, -0.2) is 8.78 Å². The highest BCUT2D eigenvalue weighted by atomic mass is 19.1. The summed E-state index contributed by atoms with van der Waals surface area (Å²) in [6, 6.07) is 2.56. The molecule has 0 saturated carbocycles. The van der Waals surface area contributed by atoms with Crippen LogP contribution in [0, 0.1) is 11.6 Å². The first-order chi connectivity index (χ1) is 10.5. The predicted molar refractivity (Wildman–Crippen MR) is 75.2 cm³/mol. The lowest BCUT2D eigenvalue weighted by Gasteiger charge is -2.07. The molecule has 0 aliphatic heterocycles. The van der Waals surface area contributed by atoms with Crippen LogP contribution in [0.4, 0.5) is 8.78 Å². The number of benzene rings is 1. The topological polar surface area (TPSA) is 68.0 Å². The van der Waals surface area contributed by atoms with Crippen LogP contribution in [0.25, 0.3) is 22.0 Å². The normalized spacial score (nSPS) is 11.0. The molecule has 0 aliphatic carbocycles. The number of rotatable bonds is 3. The van der Waals surface area contributed by atoms with Gasteiger partial charge in [-0.1, -0.05) is 0 Å². The third kappa shape index (κ3) is 2.41. The van der Waals surface area contributed by atoms with Crippen LogP contribution in [-0.2, 0) is 18.3 Å². The molecule has 1 N–H and O–H groups in total. The number of nitrogens with zero attached hydrogens (tertiary/aromatic N) is 3. The standard InChI is InChI=1S/C15H11F2N3O2/c1-20-7-9(6-19-20)8-2-11-13(18-5-8)4-12(16)10(15(11)17)3-14(21)22/h2,4-7H,3H2,1H3,(H,21,22). The minimum atomic E-state index is -1.30. The summed E-state index contributed by atoms with van der Waals surface area (Å²) >= 11 is 0. The number of carboxylic acids is 1. The van der Waals surface area contributed by atoms with Crippen molar-refractivity contribution < 1.29 is 18.7 Å². The average molecular weight is 303 g/mol. The lowest BCUT2D eigenvalue weighted by Crippen LogP contribution is -2.06. The quantitative estimate of drug-likeness (QED) is 0.807. The van der Waals surface area contributed by atoms with Crippen molar-refractivity contribution in [1.29, 1.82) is 0 Å². The lowest BCUT2D eigenvalue weighted by molar-refractivity contribution is -0.136. The number of carboxylic acid groups (broad SMARTS) is 1. The third-order valence-corrected chi connectivity index (χ3v) is 3.34. The van der Waals surface area contributed by atoms with Crippen LogP contribution in [0.5, 0.6) is 0 Å². The molecule has 0 saturated heterocycles. The van der Waals surface area contributed by atoms with E-state index in [0.717, 1.165) is 11.6 Å². The smallest absolute Gasteiger partial charge is 0.308 e. The number of aromatic nitrogens is 3. The Morgan fingerprint density at radius 2 is 2.05 bits per heavy atom. The van der Waals surface area contributed by atoms with Gasteiger partial charge in [0, 0.05) is 47.6 Å². The summed E-state index contributed by atoms with van der Waals surface area (Å²) in [5, 5.41) is 12.9. The SMILES string of the molecule is Cn1cc(-c2cnc3cc(F)c(CC(=O)O)c(F)c3c2)cn1. The molecular weight excluding hydrogens is 292 g/mol. The van der Waals surface area contributed by atoms with Gasteiger partial charge < -0.3 is 5.11 Å². The fourth-order valence-corrected chi connectivity index (χ4v) is 2.28. The molecule has 112 valence electrons. The van der Waals surface area contributed by atoms with Crippen LogP contribution in [0.2, 0.25) is 0 Å². The van der Waals surface area contributed by atoms with E-state index in [1.165, 1.54) is 12.3 Å². The number of aryl methyl sites for hydroxylation is 1. The maximum atomic E-state index is 14.4. The van der Waals surface area contributed by atoms with Crippen LogP contribution in [0.3, 0.4) is 0 Å². The summed E-state index contributed by atoms with van der Waals surface area (Å²) in [4.78, 5) is 14.8. The molecule has 0 aliphatic rings. The lowest BCUT2D eigenvalue weighted by atomic mass is 10.0. The zero-order valence-corrected chi connectivity index (χ0v) is 11.5. The highest BCUT2D eigenvalue weighted by Gasteiger charge is 2.17. The molecule has 0 unspecified atom stereocenters. The number of aliphatic carboxylic acids is 1. The maximum Gasteiger partial charge on any atom is 0.308 e. The summed E-state index contributed by atoms with van der Waals surface area (Å²) in [5.74, 6) is -3.10. The monoisotopic (exact) mass is 303 g/mol. The van der Waals surface area contributed by atoms with E-state index >= 15 is 0 Å². The summed E-state index contributed by atoms with van der Waals surface area (Å²) in [7, 11) is 1.75. The molecule has 0 spiro atoms. The van der Waals surface area contributed by atoms with Gasteiger partial charge in [0.15, 0.2) is 0 Å². The Hall–Kier alpha value is -2.83. The average Bonchev–Trinajstić information content (AvgIpc) is 2.89. The van der Waals surface area contributed by atoms with Crippen LogP contribution >= 0.6 is 0 Å². The van der Waals surface area contributed by atoms with Crippen molar-refractivity contribution in [3.63, 3.8) is 0 Å². The molecule has 3 rings (SSSR count). The van der Waals surface area contributed by atoms with Gasteiger partial charge >= 0.3 is 5.97 Å². The fourth-order valence-electron chi connectivity index (χ4n) is 2.28. The van der Waals surface area contributed by atoms with Gasteiger partial charge in [-0.05, 0) is 6.07 Å². The highest BCUT2D eigenvalue weighted by Crippen LogP contribution is 2.27. The molecule has 1 aromatic carbocycles. The summed E-state index contributed by atoms with van der Waals surface area (Å²) < 4.78 is 29.8. The Morgan fingerprint density at radius 1 is 1.27 bits per heavy atom. The Labute approximate surface area is 123 Å². The van der Waals surface area contributed by atoms with E-state index < -0.39 is 29.6 Å². The number of fused-ring (bicyclic) bond motifs is 1. The van der Waals surface area contributed by atoms with Crippen molar-refractivity contribution in [3.8, 4) is 11.1 Å². The molecule has 0 bridgehead atoms. The minimum Gasteiger partial charge on any atom is -0.481 e. The predicted octanol–water partition coefficient (Wildman–Crippen LogP) is 2.54. The van der Waals surface area contributed by atoms with Gasteiger partial charge in [-0.2, -0.15) is 5.10 Å². The van der Waals surface area contributed by atoms with E-state index in [9.17, 15) is 13.6 Å². The molecule has 7 heteroatoms. The first kappa shape index (κ1) is 14.1. The number of halogens is 2. The first-order valence-corrected chi connectivity index (χ1v) is 6.43. The van der Waals surface area contributed by atoms with Crippen molar-refractivity contribution in [2.45, 2.75) is 6.42 Å². The summed E-state index contributed by atoms with van der Waals surface area (Å²) in [6.45, 7) is 0. The second kappa shape index (κ2) is 5.18. The van der Waals surface area contributed by atoms with Crippen LogP contribution in [0.15, 0.2) is 30.7 Å². The van der Waals surface area contributed by atoms with Crippen molar-refractivity contribution in [3.05, 3.63) is 47.9 Å². The van der Waals surface area contributed by atoms with Gasteiger partial charge in [-0.3, -0.25) is 14.5 Å². The number of hydrogen-bond acceptors (Lipinski definition) is 3. The molecule has 22 heavy (non-hydrogen) atoms. The zero-order valence-electron chi connectivity index (χ0n) is 11.5. The van der Waals surface area contributed by atoms with Crippen molar-refractivity contribution >= 4 is 16.9 Å². The summed E-state index contributed by atoms with van der Waals surface area (Å²) in [5.41, 5.74) is 1.02. The number of carbonyl (C=O) groups is 1. The van der Waals surface area contributed by atoms with Gasteiger partial charge in [0.05, 0.1) is 18.1 Å². The number of pyridine rings is 1. The van der Waals surface area contributed by atoms with E-state index in [-0.39, 0.29) is 10.9 Å². The molecule has 5 nitrogen and oxygen atoms in total. The molecule has 3 aromatic rings. The van der Waals surface area contributed by atoms with Crippen LogP contribution in [0.1, 0.15) is 5.56 Å². The van der Waals surface area contributed by atoms with Crippen LogP contribution < -0.4 is 0 Å².